The number of ether oxygens (including phenoxy) is 4. The standard InChI is InChI=1S/C62H120O17P2/c1-7-9-11-13-15-16-21-28-34-40-46-61(66)78-57(50-72-59(64)44-38-32-24-14-12-10-8-2)52-76-80(68,69)74-48-56(63)49-75-81(70,71)77-53-58(79-62(67)47-41-35-29-23-18-20-26-31-37-43-55(5)6)51-73-60(65)45-39-33-27-22-17-19-25-30-36-42-54(3)4/h54-58,63H,7-53H2,1-6H3,(H,68,69)(H,70,71)/t56-,57+,58+/m0/s1. The molecule has 0 saturated carbocycles. The number of carbonyl (C=O) groups excluding carboxylic acids is 4. The summed E-state index contributed by atoms with van der Waals surface area (Å²) >= 11 is 0. The number of phosphoric acid groups is 2. The van der Waals surface area contributed by atoms with E-state index in [1.54, 1.807) is 0 Å². The molecule has 0 saturated heterocycles. The van der Waals surface area contributed by atoms with Gasteiger partial charge in [-0.2, -0.15) is 0 Å². The monoisotopic (exact) mass is 1200 g/mol. The molecule has 2 unspecified atom stereocenters. The molecule has 0 aliphatic carbocycles. The summed E-state index contributed by atoms with van der Waals surface area (Å²) in [7, 11) is -9.88. The molecule has 0 spiro atoms. The number of hydrogen-bond acceptors (Lipinski definition) is 15. The SMILES string of the molecule is CCCCCCCCCCCCC(=O)O[C@H](COC(=O)CCCCCCCCC)COP(=O)(O)OC[C@H](O)COP(=O)(O)OC[C@@H](COC(=O)CCCCCCCCCCCC(C)C)OC(=O)CCCCCCCCCCCC(C)C. The lowest BCUT2D eigenvalue weighted by atomic mass is 10.0. The second-order valence-electron chi connectivity index (χ2n) is 23.4. The Morgan fingerprint density at radius 1 is 0.333 bits per heavy atom. The molecule has 81 heavy (non-hydrogen) atoms. The summed E-state index contributed by atoms with van der Waals surface area (Å²) < 4.78 is 67.8. The Bertz CT molecular complexity index is 1600. The number of phosphoric ester groups is 2. The van der Waals surface area contributed by atoms with Crippen molar-refractivity contribution >= 4 is 39.5 Å². The third-order valence-electron chi connectivity index (χ3n) is 14.2. The van der Waals surface area contributed by atoms with Crippen LogP contribution >= 0.6 is 15.6 Å². The van der Waals surface area contributed by atoms with E-state index in [0.29, 0.717) is 25.7 Å². The molecule has 0 amide bonds. The zero-order chi connectivity index (χ0) is 60.1. The lowest BCUT2D eigenvalue weighted by molar-refractivity contribution is -0.161. The Labute approximate surface area is 492 Å². The van der Waals surface area contributed by atoms with E-state index in [0.717, 1.165) is 115 Å². The van der Waals surface area contributed by atoms with Gasteiger partial charge >= 0.3 is 39.5 Å². The number of esters is 4. The number of hydrogen-bond donors (Lipinski definition) is 3. The lowest BCUT2D eigenvalue weighted by Crippen LogP contribution is -2.30. The summed E-state index contributed by atoms with van der Waals surface area (Å²) in [6.45, 7) is 9.39. The van der Waals surface area contributed by atoms with Crippen molar-refractivity contribution in [2.24, 2.45) is 11.8 Å². The Morgan fingerprint density at radius 2 is 0.568 bits per heavy atom. The molecular weight excluding hydrogens is 1080 g/mol. The van der Waals surface area contributed by atoms with E-state index in [-0.39, 0.29) is 25.7 Å². The number of rotatable bonds is 61. The van der Waals surface area contributed by atoms with Gasteiger partial charge in [0, 0.05) is 25.7 Å². The van der Waals surface area contributed by atoms with Crippen molar-refractivity contribution in [3.8, 4) is 0 Å². The first-order valence-electron chi connectivity index (χ1n) is 32.5. The minimum Gasteiger partial charge on any atom is -0.462 e. The first-order chi connectivity index (χ1) is 38.9. The van der Waals surface area contributed by atoms with E-state index in [2.05, 4.69) is 41.5 Å². The van der Waals surface area contributed by atoms with E-state index in [9.17, 15) is 43.2 Å². The zero-order valence-corrected chi connectivity index (χ0v) is 53.9. The molecule has 0 fully saturated rings. The zero-order valence-electron chi connectivity index (χ0n) is 52.1. The first-order valence-corrected chi connectivity index (χ1v) is 35.5. The van der Waals surface area contributed by atoms with Crippen molar-refractivity contribution in [2.75, 3.05) is 39.6 Å². The molecular formula is C62H120O17P2. The largest absolute Gasteiger partial charge is 0.472 e. The van der Waals surface area contributed by atoms with Crippen LogP contribution in [-0.4, -0.2) is 96.7 Å². The fourth-order valence-corrected chi connectivity index (χ4v) is 10.8. The molecule has 0 radical (unpaired) electrons. The van der Waals surface area contributed by atoms with Gasteiger partial charge in [0.15, 0.2) is 12.2 Å². The Morgan fingerprint density at radius 3 is 0.840 bits per heavy atom. The van der Waals surface area contributed by atoms with Gasteiger partial charge in [0.05, 0.1) is 26.4 Å². The van der Waals surface area contributed by atoms with Crippen molar-refractivity contribution in [3.63, 3.8) is 0 Å². The summed E-state index contributed by atoms with van der Waals surface area (Å²) in [5.41, 5.74) is 0. The molecule has 17 nitrogen and oxygen atoms in total. The van der Waals surface area contributed by atoms with Crippen molar-refractivity contribution in [3.05, 3.63) is 0 Å². The maximum Gasteiger partial charge on any atom is 0.472 e. The van der Waals surface area contributed by atoms with Crippen molar-refractivity contribution in [2.45, 2.75) is 323 Å². The summed E-state index contributed by atoms with van der Waals surface area (Å²) in [5.74, 6) is -0.661. The molecule has 0 aliphatic rings. The molecule has 0 aromatic heterocycles. The number of aliphatic hydroxyl groups excluding tert-OH is 1. The lowest BCUT2D eigenvalue weighted by Gasteiger charge is -2.21. The fourth-order valence-electron chi connectivity index (χ4n) is 9.18. The van der Waals surface area contributed by atoms with Crippen LogP contribution < -0.4 is 0 Å². The molecule has 0 heterocycles. The number of unbranched alkanes of at least 4 members (excludes halogenated alkanes) is 31. The van der Waals surface area contributed by atoms with E-state index in [1.807, 2.05) is 0 Å². The quantitative estimate of drug-likeness (QED) is 0.0222. The van der Waals surface area contributed by atoms with Gasteiger partial charge in [-0.3, -0.25) is 37.3 Å². The number of carbonyl (C=O) groups is 4. The van der Waals surface area contributed by atoms with E-state index < -0.39 is 97.5 Å². The van der Waals surface area contributed by atoms with Crippen LogP contribution in [-0.2, 0) is 65.4 Å². The Hall–Kier alpha value is -1.94. The van der Waals surface area contributed by atoms with E-state index in [1.165, 1.54) is 109 Å². The molecule has 3 N–H and O–H groups in total. The molecule has 0 rings (SSSR count). The van der Waals surface area contributed by atoms with E-state index in [4.69, 9.17) is 37.0 Å². The maximum absolute atomic E-state index is 13.0. The third kappa shape index (κ3) is 56.9. The molecule has 480 valence electrons. The predicted octanol–water partition coefficient (Wildman–Crippen LogP) is 16.9. The highest BCUT2D eigenvalue weighted by atomic mass is 31.2. The fraction of sp³-hybridized carbons (Fsp3) is 0.935. The highest BCUT2D eigenvalue weighted by molar-refractivity contribution is 7.47. The van der Waals surface area contributed by atoms with Crippen LogP contribution in [0, 0.1) is 11.8 Å². The molecule has 0 aromatic rings. The Balaban J connectivity index is 5.22. The van der Waals surface area contributed by atoms with Crippen molar-refractivity contribution in [1.29, 1.82) is 0 Å². The first kappa shape index (κ1) is 79.1. The van der Waals surface area contributed by atoms with Crippen LogP contribution in [0.2, 0.25) is 0 Å². The van der Waals surface area contributed by atoms with Gasteiger partial charge in [-0.05, 0) is 37.5 Å². The summed E-state index contributed by atoms with van der Waals surface area (Å²) in [5, 5.41) is 10.5. The summed E-state index contributed by atoms with van der Waals surface area (Å²) in [4.78, 5) is 72.0. The molecule has 0 aliphatic heterocycles. The van der Waals surface area contributed by atoms with Gasteiger partial charge in [0.2, 0.25) is 0 Å². The van der Waals surface area contributed by atoms with Crippen LogP contribution in [0.3, 0.4) is 0 Å². The minimum absolute atomic E-state index is 0.105. The van der Waals surface area contributed by atoms with Crippen LogP contribution in [0.5, 0.6) is 0 Å². The highest BCUT2D eigenvalue weighted by Gasteiger charge is 2.30. The average Bonchev–Trinajstić information content (AvgIpc) is 3.42. The molecule has 19 heteroatoms. The van der Waals surface area contributed by atoms with Gasteiger partial charge in [-0.15, -0.1) is 0 Å². The average molecular weight is 1200 g/mol. The normalized spacial score (nSPS) is 14.4. The van der Waals surface area contributed by atoms with Gasteiger partial charge < -0.3 is 33.8 Å². The van der Waals surface area contributed by atoms with Gasteiger partial charge in [-0.25, -0.2) is 9.13 Å². The van der Waals surface area contributed by atoms with Gasteiger partial charge in [0.25, 0.3) is 0 Å². The van der Waals surface area contributed by atoms with E-state index >= 15 is 0 Å². The maximum atomic E-state index is 13.0. The van der Waals surface area contributed by atoms with Crippen molar-refractivity contribution < 1.29 is 80.2 Å². The predicted molar refractivity (Wildman–Crippen MR) is 321 cm³/mol. The van der Waals surface area contributed by atoms with Crippen LogP contribution in [0.15, 0.2) is 0 Å². The third-order valence-corrected chi connectivity index (χ3v) is 16.1. The van der Waals surface area contributed by atoms with Crippen LogP contribution in [0.1, 0.15) is 305 Å². The second-order valence-corrected chi connectivity index (χ2v) is 26.3. The highest BCUT2D eigenvalue weighted by Crippen LogP contribution is 2.45. The Kier molecular flexibility index (Phi) is 53.4. The topological polar surface area (TPSA) is 237 Å². The summed E-state index contributed by atoms with van der Waals surface area (Å²) in [6, 6.07) is 0. The smallest absolute Gasteiger partial charge is 0.462 e. The second kappa shape index (κ2) is 54.7. The summed E-state index contributed by atoms with van der Waals surface area (Å²) in [6.07, 6.45) is 36.3. The van der Waals surface area contributed by atoms with Crippen LogP contribution in [0.25, 0.3) is 0 Å². The molecule has 0 bridgehead atoms. The minimum atomic E-state index is -4.94. The van der Waals surface area contributed by atoms with Gasteiger partial charge in [0.1, 0.15) is 19.3 Å². The number of aliphatic hydroxyl groups is 1. The molecule has 0 aromatic carbocycles. The molecule has 5 atom stereocenters. The van der Waals surface area contributed by atoms with Crippen LogP contribution in [0.4, 0.5) is 0 Å². The van der Waals surface area contributed by atoms with Gasteiger partial charge in [-0.1, -0.05) is 253 Å². The van der Waals surface area contributed by atoms with Crippen molar-refractivity contribution in [1.82, 2.24) is 0 Å².